The van der Waals surface area contributed by atoms with E-state index >= 15 is 0 Å². The predicted octanol–water partition coefficient (Wildman–Crippen LogP) is 16.5. The molecule has 0 aliphatic heterocycles. The molecule has 6 nitrogen and oxygen atoms in total. The smallest absolute Gasteiger partial charge is 0.306 e. The van der Waals surface area contributed by atoms with Gasteiger partial charge >= 0.3 is 17.9 Å². The zero-order valence-electron chi connectivity index (χ0n) is 39.3. The van der Waals surface area contributed by atoms with Crippen molar-refractivity contribution in [1.29, 1.82) is 0 Å². The fraction of sp³-hybridized carbons (Fsp3) is 0.830. The molecule has 0 fully saturated rings. The van der Waals surface area contributed by atoms with Crippen LogP contribution in [0.1, 0.15) is 265 Å². The Balaban J connectivity index is 4.22. The minimum absolute atomic E-state index is 0.0754. The van der Waals surface area contributed by atoms with Gasteiger partial charge in [0.25, 0.3) is 0 Å². The van der Waals surface area contributed by atoms with Crippen LogP contribution in [0.15, 0.2) is 36.5 Å². The molecule has 0 aromatic carbocycles. The molecule has 6 heteroatoms. The second-order valence-electron chi connectivity index (χ2n) is 17.1. The molecule has 0 amide bonds. The number of carbonyl (C=O) groups is 3. The van der Waals surface area contributed by atoms with Crippen LogP contribution >= 0.6 is 0 Å². The van der Waals surface area contributed by atoms with Crippen molar-refractivity contribution in [3.63, 3.8) is 0 Å². The number of esters is 3. The van der Waals surface area contributed by atoms with Crippen molar-refractivity contribution in [2.24, 2.45) is 0 Å². The molecule has 0 bridgehead atoms. The molecule has 0 radical (unpaired) electrons. The van der Waals surface area contributed by atoms with Gasteiger partial charge in [-0.25, -0.2) is 0 Å². The van der Waals surface area contributed by atoms with E-state index in [1.54, 1.807) is 0 Å². The topological polar surface area (TPSA) is 78.9 Å². The lowest BCUT2D eigenvalue weighted by Gasteiger charge is -2.18. The zero-order valence-corrected chi connectivity index (χ0v) is 39.3. The van der Waals surface area contributed by atoms with Crippen LogP contribution in [0.25, 0.3) is 0 Å². The second kappa shape index (κ2) is 48.3. The van der Waals surface area contributed by atoms with Gasteiger partial charge in [0.1, 0.15) is 13.2 Å². The molecule has 0 rings (SSSR count). The molecule has 0 spiro atoms. The van der Waals surface area contributed by atoms with E-state index in [9.17, 15) is 14.4 Å². The van der Waals surface area contributed by atoms with Crippen LogP contribution in [-0.2, 0) is 28.6 Å². The van der Waals surface area contributed by atoms with Crippen molar-refractivity contribution in [2.75, 3.05) is 13.2 Å². The number of ether oxygens (including phenoxy) is 3. The monoisotopic (exact) mass is 829 g/mol. The van der Waals surface area contributed by atoms with Gasteiger partial charge in [0, 0.05) is 19.3 Å². The highest BCUT2D eigenvalue weighted by molar-refractivity contribution is 5.71. The summed E-state index contributed by atoms with van der Waals surface area (Å²) in [5.74, 6) is -0.890. The van der Waals surface area contributed by atoms with Crippen molar-refractivity contribution in [3.05, 3.63) is 36.5 Å². The van der Waals surface area contributed by atoms with Crippen LogP contribution in [0.2, 0.25) is 0 Å². The molecule has 0 heterocycles. The standard InChI is InChI=1S/C53H96O6/c1-4-7-10-13-16-18-20-22-24-26-28-29-31-33-35-37-40-43-46-52(55)58-49-50(48-57-51(54)45-42-39-15-12-9-6-3)59-53(56)47-44-41-38-36-34-32-30-27-25-23-21-19-17-14-11-8-5-2/h18,20,23-26,50H,4-17,19,21-22,27-49H2,1-3H3/b20-18-,25-23-,26-24-. The molecule has 0 saturated carbocycles. The molecule has 1 atom stereocenters. The van der Waals surface area contributed by atoms with Crippen LogP contribution < -0.4 is 0 Å². The molecule has 0 aliphatic rings. The summed E-state index contributed by atoms with van der Waals surface area (Å²) >= 11 is 0. The van der Waals surface area contributed by atoms with Crippen molar-refractivity contribution in [2.45, 2.75) is 271 Å². The van der Waals surface area contributed by atoms with E-state index in [2.05, 4.69) is 57.2 Å². The average Bonchev–Trinajstić information content (AvgIpc) is 3.23. The first-order valence-electron chi connectivity index (χ1n) is 25.5. The lowest BCUT2D eigenvalue weighted by atomic mass is 10.1. The zero-order chi connectivity index (χ0) is 43.0. The van der Waals surface area contributed by atoms with Gasteiger partial charge in [-0.2, -0.15) is 0 Å². The first-order chi connectivity index (χ1) is 29.0. The van der Waals surface area contributed by atoms with Crippen LogP contribution in [-0.4, -0.2) is 37.2 Å². The molecule has 0 aromatic heterocycles. The Morgan fingerprint density at radius 3 is 0.966 bits per heavy atom. The van der Waals surface area contributed by atoms with Crippen LogP contribution in [0.3, 0.4) is 0 Å². The first kappa shape index (κ1) is 56.6. The maximum atomic E-state index is 12.7. The molecule has 344 valence electrons. The fourth-order valence-electron chi connectivity index (χ4n) is 7.23. The summed E-state index contributed by atoms with van der Waals surface area (Å²) in [5, 5.41) is 0. The maximum absolute atomic E-state index is 12.7. The van der Waals surface area contributed by atoms with Crippen molar-refractivity contribution >= 4 is 17.9 Å². The SMILES string of the molecule is CCCCCC/C=C\C/C=C\CCCCCCCCCC(=O)OCC(COC(=O)CCCCCCCC)OC(=O)CCCCCCCCC/C=C\CCCCCCCC. The Hall–Kier alpha value is -2.37. The Morgan fingerprint density at radius 2 is 0.610 bits per heavy atom. The van der Waals surface area contributed by atoms with Gasteiger partial charge in [0.05, 0.1) is 0 Å². The summed E-state index contributed by atoms with van der Waals surface area (Å²) in [6.45, 7) is 6.56. The third kappa shape index (κ3) is 46.5. The Bertz CT molecular complexity index is 1000. The number of hydrogen-bond donors (Lipinski definition) is 0. The third-order valence-corrected chi connectivity index (χ3v) is 11.1. The number of hydrogen-bond acceptors (Lipinski definition) is 6. The molecular formula is C53H96O6. The Kier molecular flexibility index (Phi) is 46.4. The van der Waals surface area contributed by atoms with Crippen molar-refractivity contribution < 1.29 is 28.6 Å². The highest BCUT2D eigenvalue weighted by Crippen LogP contribution is 2.14. The van der Waals surface area contributed by atoms with Crippen LogP contribution in [0, 0.1) is 0 Å². The largest absolute Gasteiger partial charge is 0.462 e. The summed E-state index contributed by atoms with van der Waals surface area (Å²) in [6.07, 6.45) is 55.8. The van der Waals surface area contributed by atoms with E-state index < -0.39 is 6.10 Å². The summed E-state index contributed by atoms with van der Waals surface area (Å²) in [7, 11) is 0. The minimum Gasteiger partial charge on any atom is -0.462 e. The number of unbranched alkanes of at least 4 members (excludes halogenated alkanes) is 29. The van der Waals surface area contributed by atoms with Gasteiger partial charge < -0.3 is 14.2 Å². The second-order valence-corrected chi connectivity index (χ2v) is 17.1. The van der Waals surface area contributed by atoms with E-state index in [0.29, 0.717) is 19.3 Å². The van der Waals surface area contributed by atoms with Crippen molar-refractivity contribution in [1.82, 2.24) is 0 Å². The molecule has 0 saturated heterocycles. The average molecular weight is 829 g/mol. The van der Waals surface area contributed by atoms with Gasteiger partial charge in [-0.1, -0.05) is 205 Å². The molecule has 0 aromatic rings. The fourth-order valence-corrected chi connectivity index (χ4v) is 7.23. The summed E-state index contributed by atoms with van der Waals surface area (Å²) in [5.41, 5.74) is 0. The van der Waals surface area contributed by atoms with E-state index in [-0.39, 0.29) is 31.1 Å². The van der Waals surface area contributed by atoms with E-state index in [4.69, 9.17) is 14.2 Å². The number of carbonyl (C=O) groups excluding carboxylic acids is 3. The maximum Gasteiger partial charge on any atom is 0.306 e. The molecule has 0 N–H and O–H groups in total. The third-order valence-electron chi connectivity index (χ3n) is 11.1. The van der Waals surface area contributed by atoms with Crippen LogP contribution in [0.5, 0.6) is 0 Å². The number of allylic oxidation sites excluding steroid dienone is 6. The summed E-state index contributed by atoms with van der Waals surface area (Å²) in [4.78, 5) is 37.7. The quantitative estimate of drug-likeness (QED) is 0.0263. The summed E-state index contributed by atoms with van der Waals surface area (Å²) < 4.78 is 16.7. The Labute approximate surface area is 365 Å². The van der Waals surface area contributed by atoms with Gasteiger partial charge in [-0.05, 0) is 77.0 Å². The van der Waals surface area contributed by atoms with Gasteiger partial charge in [0.2, 0.25) is 0 Å². The molecule has 1 unspecified atom stereocenters. The normalized spacial score (nSPS) is 12.3. The van der Waals surface area contributed by atoms with E-state index in [1.807, 2.05) is 0 Å². The highest BCUT2D eigenvalue weighted by atomic mass is 16.6. The van der Waals surface area contributed by atoms with E-state index in [0.717, 1.165) is 70.6 Å². The molecule has 0 aliphatic carbocycles. The lowest BCUT2D eigenvalue weighted by Crippen LogP contribution is -2.30. The highest BCUT2D eigenvalue weighted by Gasteiger charge is 2.19. The minimum atomic E-state index is -0.772. The van der Waals surface area contributed by atoms with Crippen molar-refractivity contribution in [3.8, 4) is 0 Å². The molecular weight excluding hydrogens is 733 g/mol. The van der Waals surface area contributed by atoms with E-state index in [1.165, 1.54) is 154 Å². The lowest BCUT2D eigenvalue weighted by molar-refractivity contribution is -0.167. The summed E-state index contributed by atoms with van der Waals surface area (Å²) in [6, 6.07) is 0. The Morgan fingerprint density at radius 1 is 0.339 bits per heavy atom. The van der Waals surface area contributed by atoms with Gasteiger partial charge in [-0.3, -0.25) is 14.4 Å². The predicted molar refractivity (Wildman–Crippen MR) is 252 cm³/mol. The van der Waals surface area contributed by atoms with Gasteiger partial charge in [-0.15, -0.1) is 0 Å². The van der Waals surface area contributed by atoms with Gasteiger partial charge in [0.15, 0.2) is 6.10 Å². The van der Waals surface area contributed by atoms with Crippen LogP contribution in [0.4, 0.5) is 0 Å². The first-order valence-corrected chi connectivity index (χ1v) is 25.5. The molecule has 59 heavy (non-hydrogen) atoms. The number of rotatable bonds is 46.